The van der Waals surface area contributed by atoms with E-state index in [1.54, 1.807) is 6.92 Å². The molecule has 1 amide bonds. The number of halogens is 1. The highest BCUT2D eigenvalue weighted by molar-refractivity contribution is 14.0. The van der Waals surface area contributed by atoms with Gasteiger partial charge in [-0.1, -0.05) is 45.5 Å². The summed E-state index contributed by atoms with van der Waals surface area (Å²) in [5.74, 6) is -0.176. The molecule has 0 bridgehead atoms. The fraction of sp³-hybridized carbons (Fsp3) is 0.464. The first kappa shape index (κ1) is 32.3. The molecule has 0 fully saturated rings. The molecule has 0 aromatic heterocycles. The molecule has 0 unspecified atom stereocenters. The van der Waals surface area contributed by atoms with Gasteiger partial charge in [-0.05, 0) is 69.0 Å². The Bertz CT molecular complexity index is 874. The highest BCUT2D eigenvalue weighted by Crippen LogP contribution is 2.28. The molecular weight excluding hydrogens is 583 g/mol. The van der Waals surface area contributed by atoms with Gasteiger partial charge in [-0.15, -0.1) is 24.0 Å². The maximum atomic E-state index is 12.0. The second-order valence-corrected chi connectivity index (χ2v) is 11.3. The van der Waals surface area contributed by atoms with Crippen LogP contribution in [0.5, 0.6) is 0 Å². The lowest BCUT2D eigenvalue weighted by atomic mass is 10.2. The second-order valence-electron chi connectivity index (χ2n) is 8.60. The van der Waals surface area contributed by atoms with Crippen molar-refractivity contribution in [1.29, 1.82) is 0 Å². The summed E-state index contributed by atoms with van der Waals surface area (Å²) in [6, 6.07) is 19.0. The normalized spacial score (nSPS) is 11.0. The first-order valence-corrected chi connectivity index (χ1v) is 14.7. The summed E-state index contributed by atoms with van der Waals surface area (Å²) in [7, 11) is -2.75. The number of hydrogen-bond donors (Lipinski definition) is 1. The largest absolute Gasteiger partial charge is 0.501 e. The minimum Gasteiger partial charge on any atom is -0.373 e. The molecular formula is C28H43IN2O4Si. The predicted molar refractivity (Wildman–Crippen MR) is 163 cm³/mol. The summed E-state index contributed by atoms with van der Waals surface area (Å²) < 4.78 is 18.8. The van der Waals surface area contributed by atoms with Crippen LogP contribution in [0.2, 0.25) is 6.04 Å². The average Bonchev–Trinajstić information content (AvgIpc) is 2.88. The summed E-state index contributed by atoms with van der Waals surface area (Å²) in [6.07, 6.45) is 3.67. The van der Waals surface area contributed by atoms with Crippen LogP contribution in [-0.2, 0) is 18.1 Å². The highest BCUT2D eigenvalue weighted by atomic mass is 127. The van der Waals surface area contributed by atoms with E-state index >= 15 is 0 Å². The smallest absolute Gasteiger partial charge is 0.373 e. The first-order valence-electron chi connectivity index (χ1n) is 12.8. The van der Waals surface area contributed by atoms with Crippen molar-refractivity contribution in [3.8, 4) is 0 Å². The van der Waals surface area contributed by atoms with E-state index in [0.717, 1.165) is 55.3 Å². The molecule has 2 rings (SSSR count). The van der Waals surface area contributed by atoms with Crippen LogP contribution >= 0.6 is 24.0 Å². The number of nitrogens with zero attached hydrogens (tertiary/aromatic N) is 1. The zero-order chi connectivity index (χ0) is 25.5. The topological polar surface area (TPSA) is 60.0 Å². The Morgan fingerprint density at radius 3 is 1.83 bits per heavy atom. The number of carbonyl (C=O) groups is 1. The maximum Gasteiger partial charge on any atom is 0.501 e. The van der Waals surface area contributed by atoms with E-state index in [2.05, 4.69) is 49.7 Å². The van der Waals surface area contributed by atoms with Gasteiger partial charge in [-0.25, -0.2) is 0 Å². The van der Waals surface area contributed by atoms with E-state index in [-0.39, 0.29) is 29.9 Å². The summed E-state index contributed by atoms with van der Waals surface area (Å²) in [5, 5.41) is 2.87. The van der Waals surface area contributed by atoms with E-state index in [1.165, 1.54) is 0 Å². The van der Waals surface area contributed by atoms with Crippen LogP contribution in [0.3, 0.4) is 0 Å². The van der Waals surface area contributed by atoms with Gasteiger partial charge < -0.3 is 23.5 Å². The Kier molecular flexibility index (Phi) is 15.9. The Morgan fingerprint density at radius 2 is 1.36 bits per heavy atom. The zero-order valence-corrected chi connectivity index (χ0v) is 25.6. The molecule has 0 spiro atoms. The fourth-order valence-corrected chi connectivity index (χ4v) is 6.37. The Morgan fingerprint density at radius 1 is 0.861 bits per heavy atom. The first-order chi connectivity index (χ1) is 16.9. The Balaban J connectivity index is 0.00000648. The maximum absolute atomic E-state index is 12.0. The van der Waals surface area contributed by atoms with E-state index in [4.69, 9.17) is 13.3 Å². The number of anilines is 3. The molecule has 2 aromatic rings. The summed E-state index contributed by atoms with van der Waals surface area (Å²) in [4.78, 5) is 14.2. The van der Waals surface area contributed by atoms with E-state index in [9.17, 15) is 4.79 Å². The van der Waals surface area contributed by atoms with Crippen LogP contribution in [0.1, 0.15) is 53.4 Å². The van der Waals surface area contributed by atoms with Gasteiger partial charge in [0.1, 0.15) is 0 Å². The summed E-state index contributed by atoms with van der Waals surface area (Å²) >= 11 is 0. The number of para-hydroxylation sites is 1. The van der Waals surface area contributed by atoms with Gasteiger partial charge in [0.25, 0.3) is 5.91 Å². The lowest BCUT2D eigenvalue weighted by Crippen LogP contribution is -2.47. The fourth-order valence-electron chi connectivity index (χ4n) is 3.55. The molecule has 200 valence electrons. The van der Waals surface area contributed by atoms with Crippen molar-refractivity contribution in [3.05, 3.63) is 66.7 Å². The Hall–Kier alpha value is -1.72. The van der Waals surface area contributed by atoms with E-state index < -0.39 is 8.80 Å². The van der Waals surface area contributed by atoms with Crippen molar-refractivity contribution in [3.63, 3.8) is 0 Å². The number of hydrogen-bond acceptors (Lipinski definition) is 5. The number of carbonyl (C=O) groups excluding carboxylic acids is 1. The molecule has 0 heterocycles. The van der Waals surface area contributed by atoms with Crippen molar-refractivity contribution in [2.75, 3.05) is 36.6 Å². The quantitative estimate of drug-likeness (QED) is 0.112. The molecule has 1 N–H and O–H groups in total. The van der Waals surface area contributed by atoms with Gasteiger partial charge in [0, 0.05) is 55.0 Å². The van der Waals surface area contributed by atoms with Crippen LogP contribution in [0, 0.1) is 0 Å². The lowest BCUT2D eigenvalue weighted by Gasteiger charge is -2.31. The molecule has 36 heavy (non-hydrogen) atoms. The molecule has 0 saturated heterocycles. The number of rotatable bonds is 17. The number of nitrogens with one attached hydrogen (secondary N) is 1. The van der Waals surface area contributed by atoms with E-state index in [0.29, 0.717) is 25.4 Å². The van der Waals surface area contributed by atoms with Crippen LogP contribution < -0.4 is 10.2 Å². The van der Waals surface area contributed by atoms with Crippen molar-refractivity contribution < 1.29 is 18.1 Å². The van der Waals surface area contributed by atoms with Crippen molar-refractivity contribution >= 4 is 55.8 Å². The number of benzene rings is 2. The third-order valence-electron chi connectivity index (χ3n) is 5.34. The van der Waals surface area contributed by atoms with Crippen LogP contribution in [0.4, 0.5) is 17.1 Å². The third-order valence-corrected chi connectivity index (χ3v) is 8.23. The monoisotopic (exact) mass is 626 g/mol. The summed E-state index contributed by atoms with van der Waals surface area (Å²) in [5.41, 5.74) is 3.38. The molecule has 0 radical (unpaired) electrons. The van der Waals surface area contributed by atoms with Crippen molar-refractivity contribution in [1.82, 2.24) is 0 Å². The molecule has 6 nitrogen and oxygen atoms in total. The van der Waals surface area contributed by atoms with Gasteiger partial charge in [0.2, 0.25) is 0 Å². The molecule has 0 aliphatic rings. The summed E-state index contributed by atoms with van der Waals surface area (Å²) in [6.45, 7) is 14.5. The zero-order valence-electron chi connectivity index (χ0n) is 22.3. The minimum absolute atomic E-state index is 0. The molecule has 8 heteroatoms. The van der Waals surface area contributed by atoms with Gasteiger partial charge >= 0.3 is 8.80 Å². The van der Waals surface area contributed by atoms with Gasteiger partial charge in [-0.2, -0.15) is 0 Å². The average molecular weight is 627 g/mol. The van der Waals surface area contributed by atoms with Crippen molar-refractivity contribution in [2.24, 2.45) is 0 Å². The minimum atomic E-state index is -2.75. The second kappa shape index (κ2) is 17.7. The van der Waals surface area contributed by atoms with Crippen LogP contribution in [-0.4, -0.2) is 41.1 Å². The van der Waals surface area contributed by atoms with Crippen LogP contribution in [0.25, 0.3) is 0 Å². The van der Waals surface area contributed by atoms with Gasteiger partial charge in [0.05, 0.1) is 0 Å². The predicted octanol–water partition coefficient (Wildman–Crippen LogP) is 7.57. The highest BCUT2D eigenvalue weighted by Gasteiger charge is 2.40. The molecule has 0 saturated carbocycles. The Labute approximate surface area is 235 Å². The van der Waals surface area contributed by atoms with Gasteiger partial charge in [0.15, 0.2) is 0 Å². The molecule has 2 aromatic carbocycles. The third kappa shape index (κ3) is 10.7. The lowest BCUT2D eigenvalue weighted by molar-refractivity contribution is -0.112. The molecule has 0 aliphatic heterocycles. The van der Waals surface area contributed by atoms with Crippen molar-refractivity contribution in [2.45, 2.75) is 59.4 Å². The molecule has 0 atom stereocenters. The van der Waals surface area contributed by atoms with Crippen LogP contribution in [0.15, 0.2) is 66.7 Å². The molecule has 0 aliphatic carbocycles. The standard InChI is InChI=1S/C28H42N2O4Si.HI/c1-6-20-32-35(33-21-7-2,34-22-8-3)23-12-19-30(26-13-10-9-11-14-26)27-17-15-25(16-18-27)29-28(31)24(4)5;/h9-11,13-18H,4,6-8,12,19-23H2,1-3,5H3,(H,29,31);1H. The van der Waals surface area contributed by atoms with Gasteiger partial charge in [-0.3, -0.25) is 4.79 Å². The number of amides is 1. The van der Waals surface area contributed by atoms with E-state index in [1.807, 2.05) is 42.5 Å². The SMILES string of the molecule is C=C(C)C(=O)Nc1ccc(N(CCC[Si](OCCC)(OCCC)OCCC)c2ccccc2)cc1.I.